The molecule has 0 saturated heterocycles. The molecule has 0 radical (unpaired) electrons. The summed E-state index contributed by atoms with van der Waals surface area (Å²) in [6.07, 6.45) is -0.370. The Balaban J connectivity index is 1.90. The lowest BCUT2D eigenvalue weighted by atomic mass is 9.90. The molecular formula is C18H23F3N4O. The minimum atomic E-state index is -4.47. The summed E-state index contributed by atoms with van der Waals surface area (Å²) in [5, 5.41) is 6.86. The van der Waals surface area contributed by atoms with Gasteiger partial charge in [-0.05, 0) is 31.0 Å². The highest BCUT2D eigenvalue weighted by Gasteiger charge is 2.31. The topological polar surface area (TPSA) is 69.8 Å². The maximum Gasteiger partial charge on any atom is 0.416 e. The Bertz CT molecular complexity index is 831. The monoisotopic (exact) mass is 368 g/mol. The van der Waals surface area contributed by atoms with Crippen molar-refractivity contribution in [2.45, 2.75) is 63.8 Å². The first-order valence-electron chi connectivity index (χ1n) is 8.88. The van der Waals surface area contributed by atoms with E-state index in [2.05, 4.69) is 34.4 Å². The summed E-state index contributed by atoms with van der Waals surface area (Å²) in [5.74, 6) is 0.212. The lowest BCUT2D eigenvalue weighted by Crippen LogP contribution is -2.49. The fraction of sp³-hybridized carbons (Fsp3) is 0.556. The molecule has 1 aliphatic rings. The van der Waals surface area contributed by atoms with Gasteiger partial charge in [0.1, 0.15) is 0 Å². The van der Waals surface area contributed by atoms with Crippen LogP contribution in [-0.2, 0) is 6.18 Å². The van der Waals surface area contributed by atoms with Crippen molar-refractivity contribution in [1.29, 1.82) is 0 Å². The van der Waals surface area contributed by atoms with Crippen LogP contribution in [0.5, 0.6) is 0 Å². The molecule has 2 aromatic rings. The molecule has 0 unspecified atom stereocenters. The maximum absolute atomic E-state index is 12.9. The highest BCUT2D eigenvalue weighted by atomic mass is 19.4. The third-order valence-electron chi connectivity index (χ3n) is 4.67. The van der Waals surface area contributed by atoms with E-state index in [1.165, 1.54) is 0 Å². The van der Waals surface area contributed by atoms with Crippen LogP contribution in [0.25, 0.3) is 10.9 Å². The SMILES string of the molecule is CC(C)N[C@@H]1CCCC[C@H]1Nc1nc2cc(C(F)(F)F)ccc2c(=O)[nH]1. The van der Waals surface area contributed by atoms with Gasteiger partial charge in [-0.15, -0.1) is 0 Å². The second-order valence-corrected chi connectivity index (χ2v) is 7.11. The standard InChI is InChI=1S/C18H23F3N4O/c1-10(2)22-13-5-3-4-6-14(13)23-17-24-15-9-11(18(19,20)21)7-8-12(15)16(26)25-17/h7-10,13-14,22H,3-6H2,1-2H3,(H2,23,24,25,26)/t13-,14-/m1/s1. The zero-order valence-electron chi connectivity index (χ0n) is 14.8. The minimum Gasteiger partial charge on any atom is -0.351 e. The number of hydrogen-bond donors (Lipinski definition) is 3. The number of benzene rings is 1. The minimum absolute atomic E-state index is 0.0373. The van der Waals surface area contributed by atoms with Gasteiger partial charge < -0.3 is 10.6 Å². The molecule has 2 atom stereocenters. The van der Waals surface area contributed by atoms with Crippen molar-refractivity contribution in [2.24, 2.45) is 0 Å². The molecule has 26 heavy (non-hydrogen) atoms. The van der Waals surface area contributed by atoms with Gasteiger partial charge in [0.05, 0.1) is 16.5 Å². The molecule has 0 aliphatic heterocycles. The molecule has 3 rings (SSSR count). The van der Waals surface area contributed by atoms with Crippen LogP contribution in [0.4, 0.5) is 19.1 Å². The number of anilines is 1. The second kappa shape index (κ2) is 7.26. The number of rotatable bonds is 4. The molecule has 1 fully saturated rings. The molecule has 1 aliphatic carbocycles. The summed E-state index contributed by atoms with van der Waals surface area (Å²) in [7, 11) is 0. The first-order chi connectivity index (χ1) is 12.2. The van der Waals surface area contributed by atoms with Crippen LogP contribution in [-0.4, -0.2) is 28.1 Å². The van der Waals surface area contributed by atoms with Gasteiger partial charge in [-0.25, -0.2) is 4.98 Å². The molecule has 0 spiro atoms. The van der Waals surface area contributed by atoms with Gasteiger partial charge in [0.2, 0.25) is 5.95 Å². The van der Waals surface area contributed by atoms with Crippen LogP contribution >= 0.6 is 0 Å². The van der Waals surface area contributed by atoms with E-state index in [1.807, 2.05) is 0 Å². The van der Waals surface area contributed by atoms with Gasteiger partial charge in [0.15, 0.2) is 0 Å². The van der Waals surface area contributed by atoms with E-state index in [1.54, 1.807) is 0 Å². The molecule has 8 heteroatoms. The van der Waals surface area contributed by atoms with Crippen molar-refractivity contribution in [1.82, 2.24) is 15.3 Å². The van der Waals surface area contributed by atoms with Crippen molar-refractivity contribution in [3.63, 3.8) is 0 Å². The van der Waals surface area contributed by atoms with E-state index < -0.39 is 17.3 Å². The smallest absolute Gasteiger partial charge is 0.351 e. The number of H-pyrrole nitrogens is 1. The second-order valence-electron chi connectivity index (χ2n) is 7.11. The van der Waals surface area contributed by atoms with E-state index in [0.717, 1.165) is 43.9 Å². The summed E-state index contributed by atoms with van der Waals surface area (Å²) in [4.78, 5) is 19.1. The molecule has 1 saturated carbocycles. The van der Waals surface area contributed by atoms with Crippen molar-refractivity contribution < 1.29 is 13.2 Å². The van der Waals surface area contributed by atoms with Crippen molar-refractivity contribution >= 4 is 16.9 Å². The number of aromatic amines is 1. The highest BCUT2D eigenvalue weighted by Crippen LogP contribution is 2.30. The molecule has 5 nitrogen and oxygen atoms in total. The Morgan fingerprint density at radius 2 is 1.88 bits per heavy atom. The molecular weight excluding hydrogens is 345 g/mol. The Kier molecular flexibility index (Phi) is 5.22. The Morgan fingerprint density at radius 1 is 1.19 bits per heavy atom. The Labute approximate surface area is 149 Å². The van der Waals surface area contributed by atoms with Crippen LogP contribution in [0.2, 0.25) is 0 Å². The summed E-state index contributed by atoms with van der Waals surface area (Å²) in [6.45, 7) is 4.14. The predicted molar refractivity (Wildman–Crippen MR) is 95.3 cm³/mol. The third-order valence-corrected chi connectivity index (χ3v) is 4.67. The number of alkyl halides is 3. The zero-order valence-corrected chi connectivity index (χ0v) is 14.8. The molecule has 3 N–H and O–H groups in total. The summed E-state index contributed by atoms with van der Waals surface area (Å²) >= 11 is 0. The molecule has 142 valence electrons. The van der Waals surface area contributed by atoms with E-state index in [4.69, 9.17) is 0 Å². The van der Waals surface area contributed by atoms with E-state index in [0.29, 0.717) is 6.04 Å². The summed E-state index contributed by atoms with van der Waals surface area (Å²) in [5.41, 5.74) is -1.23. The number of nitrogens with zero attached hydrogens (tertiary/aromatic N) is 1. The fourth-order valence-electron chi connectivity index (χ4n) is 3.49. The summed E-state index contributed by atoms with van der Waals surface area (Å²) in [6, 6.07) is 3.60. The normalized spacial score (nSPS) is 21.3. The molecule has 0 bridgehead atoms. The van der Waals surface area contributed by atoms with Crippen LogP contribution in [0.3, 0.4) is 0 Å². The molecule has 1 heterocycles. The van der Waals surface area contributed by atoms with Gasteiger partial charge >= 0.3 is 6.18 Å². The lowest BCUT2D eigenvalue weighted by Gasteiger charge is -2.34. The average Bonchev–Trinajstić information content (AvgIpc) is 2.55. The molecule has 1 aromatic heterocycles. The Morgan fingerprint density at radius 3 is 2.54 bits per heavy atom. The maximum atomic E-state index is 12.9. The largest absolute Gasteiger partial charge is 0.416 e. The first-order valence-corrected chi connectivity index (χ1v) is 8.88. The van der Waals surface area contributed by atoms with Crippen LogP contribution in [0.15, 0.2) is 23.0 Å². The quantitative estimate of drug-likeness (QED) is 0.770. The summed E-state index contributed by atoms with van der Waals surface area (Å²) < 4.78 is 38.8. The van der Waals surface area contributed by atoms with Crippen molar-refractivity contribution in [3.05, 3.63) is 34.1 Å². The molecule has 0 amide bonds. The fourth-order valence-corrected chi connectivity index (χ4v) is 3.49. The van der Waals surface area contributed by atoms with E-state index >= 15 is 0 Å². The molecule has 1 aromatic carbocycles. The van der Waals surface area contributed by atoms with Crippen LogP contribution in [0, 0.1) is 0 Å². The van der Waals surface area contributed by atoms with Gasteiger partial charge in [-0.3, -0.25) is 9.78 Å². The number of hydrogen-bond acceptors (Lipinski definition) is 4. The Hall–Kier alpha value is -2.09. The lowest BCUT2D eigenvalue weighted by molar-refractivity contribution is -0.137. The van der Waals surface area contributed by atoms with Crippen molar-refractivity contribution in [3.8, 4) is 0 Å². The van der Waals surface area contributed by atoms with Gasteiger partial charge in [-0.1, -0.05) is 26.7 Å². The first kappa shape index (κ1) is 18.7. The van der Waals surface area contributed by atoms with E-state index in [9.17, 15) is 18.0 Å². The number of aromatic nitrogens is 2. The van der Waals surface area contributed by atoms with Gasteiger partial charge in [-0.2, -0.15) is 13.2 Å². The number of halogens is 3. The predicted octanol–water partition coefficient (Wildman–Crippen LogP) is 3.66. The number of fused-ring (bicyclic) bond motifs is 1. The average molecular weight is 368 g/mol. The number of nitrogens with one attached hydrogen (secondary N) is 3. The van der Waals surface area contributed by atoms with Crippen LogP contribution in [0.1, 0.15) is 45.1 Å². The third kappa shape index (κ3) is 4.17. The van der Waals surface area contributed by atoms with Crippen molar-refractivity contribution in [2.75, 3.05) is 5.32 Å². The zero-order chi connectivity index (χ0) is 18.9. The highest BCUT2D eigenvalue weighted by molar-refractivity contribution is 5.79. The van der Waals surface area contributed by atoms with E-state index in [-0.39, 0.29) is 28.9 Å². The van der Waals surface area contributed by atoms with Crippen LogP contribution < -0.4 is 16.2 Å². The van der Waals surface area contributed by atoms with Gasteiger partial charge in [0, 0.05) is 18.1 Å². The van der Waals surface area contributed by atoms with Gasteiger partial charge in [0.25, 0.3) is 5.56 Å².